The van der Waals surface area contributed by atoms with Crippen LogP contribution in [0.3, 0.4) is 0 Å². The Hall–Kier alpha value is -2.49. The highest BCUT2D eigenvalue weighted by Gasteiger charge is 2.33. The van der Waals surface area contributed by atoms with Crippen molar-refractivity contribution >= 4 is 63.5 Å². The zero-order valence-electron chi connectivity index (χ0n) is 12.5. The number of carbonyl (C=O) groups is 3. The molecule has 6 nitrogen and oxygen atoms in total. The molecule has 1 aliphatic heterocycles. The third-order valence-corrected chi connectivity index (χ3v) is 5.38. The smallest absolute Gasteiger partial charge is 0.335 e. The van der Waals surface area contributed by atoms with E-state index >= 15 is 0 Å². The Labute approximate surface area is 156 Å². The minimum atomic E-state index is -1.02. The maximum atomic E-state index is 12.4. The summed E-state index contributed by atoms with van der Waals surface area (Å²) in [5.41, 5.74) is 3.32. The van der Waals surface area contributed by atoms with Crippen LogP contribution in [0.25, 0.3) is 6.08 Å². The average Bonchev–Trinajstić information content (AvgIpc) is 3.20. The van der Waals surface area contributed by atoms with Crippen molar-refractivity contribution in [2.45, 2.75) is 0 Å². The molecular weight excluding hydrogens is 380 g/mol. The van der Waals surface area contributed by atoms with Crippen molar-refractivity contribution < 1.29 is 19.5 Å². The molecule has 2 aromatic rings. The van der Waals surface area contributed by atoms with E-state index in [2.05, 4.69) is 5.43 Å². The number of nitrogens with one attached hydrogen (secondary N) is 1. The van der Waals surface area contributed by atoms with Crippen LogP contribution in [0.4, 0.5) is 0 Å². The van der Waals surface area contributed by atoms with Gasteiger partial charge in [-0.15, -0.1) is 11.3 Å². The molecule has 2 heterocycles. The van der Waals surface area contributed by atoms with Crippen LogP contribution in [0, 0.1) is 0 Å². The molecule has 1 fully saturated rings. The third kappa shape index (κ3) is 3.78. The van der Waals surface area contributed by atoms with Gasteiger partial charge in [-0.1, -0.05) is 30.0 Å². The van der Waals surface area contributed by atoms with Gasteiger partial charge in [0.2, 0.25) is 0 Å². The Bertz CT molecular complexity index is 889. The van der Waals surface area contributed by atoms with Gasteiger partial charge in [-0.25, -0.2) is 4.79 Å². The fourth-order valence-electron chi connectivity index (χ4n) is 2.00. The lowest BCUT2D eigenvalue weighted by molar-refractivity contribution is -0.123. The third-order valence-electron chi connectivity index (χ3n) is 3.21. The van der Waals surface area contributed by atoms with Gasteiger partial charge in [0.1, 0.15) is 0 Å². The van der Waals surface area contributed by atoms with Crippen LogP contribution >= 0.6 is 35.3 Å². The molecule has 25 heavy (non-hydrogen) atoms. The molecule has 3 rings (SSSR count). The molecule has 0 spiro atoms. The van der Waals surface area contributed by atoms with Crippen molar-refractivity contribution in [3.8, 4) is 0 Å². The molecule has 1 aromatic carbocycles. The number of hydrogen-bond acceptors (Lipinski definition) is 6. The quantitative estimate of drug-likeness (QED) is 0.617. The van der Waals surface area contributed by atoms with Gasteiger partial charge in [-0.3, -0.25) is 15.0 Å². The van der Waals surface area contributed by atoms with Gasteiger partial charge in [0.15, 0.2) is 4.32 Å². The summed E-state index contributed by atoms with van der Waals surface area (Å²) >= 11 is 7.48. The molecule has 0 radical (unpaired) electrons. The monoisotopic (exact) mass is 390 g/mol. The van der Waals surface area contributed by atoms with E-state index in [4.69, 9.17) is 17.3 Å². The summed E-state index contributed by atoms with van der Waals surface area (Å²) in [5, 5.41) is 11.7. The second kappa shape index (κ2) is 7.18. The average molecular weight is 390 g/mol. The number of hydrazine groups is 1. The number of aromatic carboxylic acids is 1. The standard InChI is InChI=1S/C16H10N2O4S3/c19-13(11-2-1-7-24-11)17-18-14(20)12(25-16(18)23)8-9-3-5-10(6-4-9)15(21)22/h1-8H,(H,17,19)(H,21,22)/b12-8-. The highest BCUT2D eigenvalue weighted by atomic mass is 32.2. The molecule has 0 bridgehead atoms. The van der Waals surface area contributed by atoms with Crippen molar-refractivity contribution in [1.82, 2.24) is 10.4 Å². The van der Waals surface area contributed by atoms with Crippen molar-refractivity contribution in [3.63, 3.8) is 0 Å². The zero-order valence-corrected chi connectivity index (χ0v) is 14.9. The Morgan fingerprint density at radius 2 is 1.92 bits per heavy atom. The number of amides is 2. The van der Waals surface area contributed by atoms with Crippen molar-refractivity contribution in [1.29, 1.82) is 0 Å². The summed E-state index contributed by atoms with van der Waals surface area (Å²) in [6.07, 6.45) is 1.60. The summed E-state index contributed by atoms with van der Waals surface area (Å²) < 4.78 is 0.225. The van der Waals surface area contributed by atoms with E-state index in [1.807, 2.05) is 0 Å². The molecule has 0 aliphatic carbocycles. The van der Waals surface area contributed by atoms with Crippen LogP contribution in [0.1, 0.15) is 25.6 Å². The SMILES string of the molecule is O=C(O)c1ccc(/C=C2\SC(=S)N(NC(=O)c3cccs3)C2=O)cc1. The van der Waals surface area contributed by atoms with Gasteiger partial charge in [0.05, 0.1) is 15.3 Å². The maximum Gasteiger partial charge on any atom is 0.335 e. The van der Waals surface area contributed by atoms with Crippen molar-refractivity contribution in [2.75, 3.05) is 0 Å². The first-order valence-electron chi connectivity index (χ1n) is 6.91. The molecule has 0 saturated carbocycles. The first-order valence-corrected chi connectivity index (χ1v) is 9.02. The first kappa shape index (κ1) is 17.3. The van der Waals surface area contributed by atoms with Crippen LogP contribution in [0.5, 0.6) is 0 Å². The van der Waals surface area contributed by atoms with E-state index in [0.29, 0.717) is 15.3 Å². The van der Waals surface area contributed by atoms with Crippen molar-refractivity contribution in [2.24, 2.45) is 0 Å². The predicted octanol–water partition coefficient (Wildman–Crippen LogP) is 2.99. The number of carboxylic acids is 1. The predicted molar refractivity (Wildman–Crippen MR) is 100 cm³/mol. The second-order valence-electron chi connectivity index (χ2n) is 4.86. The number of thiocarbonyl (C=S) groups is 1. The Morgan fingerprint density at radius 3 is 2.52 bits per heavy atom. The molecule has 0 atom stereocenters. The number of carboxylic acid groups (broad SMARTS) is 1. The number of thiophene rings is 1. The zero-order chi connectivity index (χ0) is 18.0. The minimum Gasteiger partial charge on any atom is -0.478 e. The lowest BCUT2D eigenvalue weighted by atomic mass is 10.1. The number of thioether (sulfide) groups is 1. The van der Waals surface area contributed by atoms with E-state index in [0.717, 1.165) is 16.8 Å². The summed E-state index contributed by atoms with van der Waals surface area (Å²) in [7, 11) is 0. The summed E-state index contributed by atoms with van der Waals surface area (Å²) in [4.78, 5) is 36.2. The van der Waals surface area contributed by atoms with E-state index in [1.165, 1.54) is 23.5 Å². The molecule has 2 amide bonds. The van der Waals surface area contributed by atoms with E-state index < -0.39 is 17.8 Å². The van der Waals surface area contributed by atoms with Crippen LogP contribution in [0.2, 0.25) is 0 Å². The fourth-order valence-corrected chi connectivity index (χ4v) is 3.79. The maximum absolute atomic E-state index is 12.4. The van der Waals surface area contributed by atoms with Gasteiger partial charge in [-0.05, 0) is 47.4 Å². The molecule has 0 unspecified atom stereocenters. The summed E-state index contributed by atoms with van der Waals surface area (Å²) in [5.74, 6) is -1.85. The van der Waals surface area contributed by atoms with Crippen LogP contribution in [-0.2, 0) is 4.79 Å². The highest BCUT2D eigenvalue weighted by Crippen LogP contribution is 2.31. The van der Waals surface area contributed by atoms with Gasteiger partial charge < -0.3 is 5.11 Å². The van der Waals surface area contributed by atoms with Gasteiger partial charge >= 0.3 is 5.97 Å². The molecule has 1 aromatic heterocycles. The normalized spacial score (nSPS) is 15.7. The topological polar surface area (TPSA) is 86.7 Å². The Morgan fingerprint density at radius 1 is 1.20 bits per heavy atom. The molecule has 2 N–H and O–H groups in total. The van der Waals surface area contributed by atoms with E-state index in [1.54, 1.807) is 35.7 Å². The van der Waals surface area contributed by atoms with Gasteiger partial charge in [0, 0.05) is 0 Å². The van der Waals surface area contributed by atoms with Gasteiger partial charge in [-0.2, -0.15) is 5.01 Å². The Balaban J connectivity index is 1.76. The first-order chi connectivity index (χ1) is 12.0. The number of nitrogens with zero attached hydrogens (tertiary/aromatic N) is 1. The molecule has 1 aliphatic rings. The van der Waals surface area contributed by atoms with Crippen LogP contribution in [0.15, 0.2) is 46.7 Å². The lowest BCUT2D eigenvalue weighted by Crippen LogP contribution is -2.44. The van der Waals surface area contributed by atoms with E-state index in [9.17, 15) is 14.4 Å². The largest absolute Gasteiger partial charge is 0.478 e. The number of carbonyl (C=O) groups excluding carboxylic acids is 2. The number of benzene rings is 1. The van der Waals surface area contributed by atoms with Crippen molar-refractivity contribution in [3.05, 3.63) is 62.7 Å². The van der Waals surface area contributed by atoms with Crippen LogP contribution in [-0.4, -0.2) is 32.2 Å². The number of rotatable bonds is 4. The number of hydrogen-bond donors (Lipinski definition) is 2. The molecule has 1 saturated heterocycles. The molecular formula is C16H10N2O4S3. The molecule has 126 valence electrons. The van der Waals surface area contributed by atoms with Gasteiger partial charge in [0.25, 0.3) is 11.8 Å². The summed E-state index contributed by atoms with van der Waals surface area (Å²) in [6, 6.07) is 9.49. The summed E-state index contributed by atoms with van der Waals surface area (Å²) in [6.45, 7) is 0. The Kier molecular flexibility index (Phi) is 4.98. The van der Waals surface area contributed by atoms with E-state index in [-0.39, 0.29) is 9.88 Å². The van der Waals surface area contributed by atoms with Crippen LogP contribution < -0.4 is 5.43 Å². The fraction of sp³-hybridized carbons (Fsp3) is 0. The second-order valence-corrected chi connectivity index (χ2v) is 7.49. The highest BCUT2D eigenvalue weighted by molar-refractivity contribution is 8.26. The minimum absolute atomic E-state index is 0.160. The molecule has 9 heteroatoms. The lowest BCUT2D eigenvalue weighted by Gasteiger charge is -2.14.